The lowest BCUT2D eigenvalue weighted by Crippen LogP contribution is -2.31. The number of hydrogen-bond donors (Lipinski definition) is 1. The van der Waals surface area contributed by atoms with E-state index in [0.29, 0.717) is 19.6 Å². The average molecular weight is 172 g/mol. The number of rotatable bonds is 3. The first-order chi connectivity index (χ1) is 5.70. The molecule has 0 unspecified atom stereocenters. The molecule has 0 radical (unpaired) electrons. The van der Waals surface area contributed by atoms with Crippen LogP contribution in [0.3, 0.4) is 0 Å². The lowest BCUT2D eigenvalue weighted by molar-refractivity contribution is -0.141. The molecule has 0 bridgehead atoms. The third-order valence-electron chi connectivity index (χ3n) is 1.61. The Morgan fingerprint density at radius 3 is 3.00 bits per heavy atom. The van der Waals surface area contributed by atoms with Gasteiger partial charge in [0.1, 0.15) is 6.61 Å². The molecule has 1 aliphatic heterocycles. The first-order valence-corrected chi connectivity index (χ1v) is 3.86. The Morgan fingerprint density at radius 2 is 2.50 bits per heavy atom. The van der Waals surface area contributed by atoms with Crippen molar-refractivity contribution in [3.63, 3.8) is 0 Å². The normalized spacial score (nSPS) is 16.1. The molecular formula is C7H12N2O3. The standard InChI is InChI=1S/C7H12N2O3/c1-6(10)12-5-4-9-3-2-8-7(9)11/h2-5H2,1H3,(H,8,11). The molecule has 0 aromatic heterocycles. The molecule has 12 heavy (non-hydrogen) atoms. The Bertz CT molecular complexity index is 193. The molecule has 0 aromatic rings. The fourth-order valence-corrected chi connectivity index (χ4v) is 1.02. The summed E-state index contributed by atoms with van der Waals surface area (Å²) in [6.07, 6.45) is 0. The van der Waals surface area contributed by atoms with Gasteiger partial charge in [0.25, 0.3) is 0 Å². The molecule has 0 spiro atoms. The van der Waals surface area contributed by atoms with Crippen LogP contribution in [0, 0.1) is 0 Å². The molecule has 1 rings (SSSR count). The van der Waals surface area contributed by atoms with Gasteiger partial charge >= 0.3 is 12.0 Å². The van der Waals surface area contributed by atoms with Gasteiger partial charge < -0.3 is 15.0 Å². The third-order valence-corrected chi connectivity index (χ3v) is 1.61. The van der Waals surface area contributed by atoms with E-state index in [0.717, 1.165) is 0 Å². The number of amides is 2. The summed E-state index contributed by atoms with van der Waals surface area (Å²) in [6.45, 7) is 3.48. The van der Waals surface area contributed by atoms with Gasteiger partial charge in [0.15, 0.2) is 0 Å². The summed E-state index contributed by atoms with van der Waals surface area (Å²) in [6, 6.07) is -0.0813. The number of esters is 1. The molecule has 5 heteroatoms. The molecule has 1 fully saturated rings. The van der Waals surface area contributed by atoms with Gasteiger partial charge in [0.05, 0.1) is 6.54 Å². The second-order valence-corrected chi connectivity index (χ2v) is 2.56. The highest BCUT2D eigenvalue weighted by Gasteiger charge is 2.18. The number of nitrogens with zero attached hydrogens (tertiary/aromatic N) is 1. The Labute approximate surface area is 70.7 Å². The minimum absolute atomic E-state index is 0.0813. The second kappa shape index (κ2) is 3.94. The summed E-state index contributed by atoms with van der Waals surface area (Å²) in [5, 5.41) is 2.65. The van der Waals surface area contributed by atoms with Gasteiger partial charge in [-0.1, -0.05) is 0 Å². The van der Waals surface area contributed by atoms with Crippen molar-refractivity contribution in [2.45, 2.75) is 6.92 Å². The minimum atomic E-state index is -0.311. The molecular weight excluding hydrogens is 160 g/mol. The second-order valence-electron chi connectivity index (χ2n) is 2.56. The average Bonchev–Trinajstić information content (AvgIpc) is 2.36. The number of ether oxygens (including phenoxy) is 1. The molecule has 1 N–H and O–H groups in total. The van der Waals surface area contributed by atoms with E-state index in [1.807, 2.05) is 0 Å². The summed E-state index contributed by atoms with van der Waals surface area (Å²) >= 11 is 0. The summed E-state index contributed by atoms with van der Waals surface area (Å²) in [5.74, 6) is -0.311. The maximum Gasteiger partial charge on any atom is 0.317 e. The first kappa shape index (κ1) is 8.83. The molecule has 68 valence electrons. The van der Waals surface area contributed by atoms with Crippen LogP contribution in [0.25, 0.3) is 0 Å². The predicted octanol–water partition coefficient (Wildman–Crippen LogP) is -0.425. The van der Waals surface area contributed by atoms with Gasteiger partial charge in [0, 0.05) is 20.0 Å². The van der Waals surface area contributed by atoms with E-state index in [1.165, 1.54) is 6.92 Å². The minimum Gasteiger partial charge on any atom is -0.464 e. The highest BCUT2D eigenvalue weighted by atomic mass is 16.5. The van der Waals surface area contributed by atoms with Crippen molar-refractivity contribution in [3.8, 4) is 0 Å². The Kier molecular flexibility index (Phi) is 2.90. The summed E-state index contributed by atoms with van der Waals surface area (Å²) in [5.41, 5.74) is 0. The Morgan fingerprint density at radius 1 is 1.75 bits per heavy atom. The number of urea groups is 1. The van der Waals surface area contributed by atoms with Crippen molar-refractivity contribution in [1.82, 2.24) is 10.2 Å². The van der Waals surface area contributed by atoms with Crippen molar-refractivity contribution >= 4 is 12.0 Å². The van der Waals surface area contributed by atoms with Crippen LogP contribution < -0.4 is 5.32 Å². The highest BCUT2D eigenvalue weighted by molar-refractivity contribution is 5.76. The van der Waals surface area contributed by atoms with Crippen LogP contribution in [-0.2, 0) is 9.53 Å². The van der Waals surface area contributed by atoms with E-state index in [9.17, 15) is 9.59 Å². The largest absolute Gasteiger partial charge is 0.464 e. The van der Waals surface area contributed by atoms with Crippen LogP contribution in [0.4, 0.5) is 4.79 Å². The maximum absolute atomic E-state index is 10.9. The molecule has 2 amide bonds. The number of nitrogens with one attached hydrogen (secondary N) is 1. The van der Waals surface area contributed by atoms with Crippen molar-refractivity contribution in [3.05, 3.63) is 0 Å². The molecule has 5 nitrogen and oxygen atoms in total. The van der Waals surface area contributed by atoms with Crippen LogP contribution in [0.5, 0.6) is 0 Å². The van der Waals surface area contributed by atoms with Crippen LogP contribution >= 0.6 is 0 Å². The van der Waals surface area contributed by atoms with E-state index < -0.39 is 0 Å². The van der Waals surface area contributed by atoms with Gasteiger partial charge in [0.2, 0.25) is 0 Å². The van der Waals surface area contributed by atoms with E-state index in [1.54, 1.807) is 4.90 Å². The lowest BCUT2D eigenvalue weighted by Gasteiger charge is -2.12. The fourth-order valence-electron chi connectivity index (χ4n) is 1.02. The molecule has 0 saturated carbocycles. The number of carbonyl (C=O) groups excluding carboxylic acids is 2. The number of hydrogen-bond acceptors (Lipinski definition) is 3. The van der Waals surface area contributed by atoms with Gasteiger partial charge in [-0.15, -0.1) is 0 Å². The zero-order chi connectivity index (χ0) is 8.97. The van der Waals surface area contributed by atoms with Crippen LogP contribution in [0.15, 0.2) is 0 Å². The predicted molar refractivity (Wildman–Crippen MR) is 41.6 cm³/mol. The van der Waals surface area contributed by atoms with Crippen LogP contribution in [-0.4, -0.2) is 43.1 Å². The monoisotopic (exact) mass is 172 g/mol. The molecule has 0 atom stereocenters. The molecule has 1 heterocycles. The first-order valence-electron chi connectivity index (χ1n) is 3.86. The lowest BCUT2D eigenvalue weighted by atomic mass is 10.5. The van der Waals surface area contributed by atoms with Crippen LogP contribution in [0.2, 0.25) is 0 Å². The van der Waals surface area contributed by atoms with Crippen LogP contribution in [0.1, 0.15) is 6.92 Å². The van der Waals surface area contributed by atoms with Gasteiger partial charge in [-0.05, 0) is 0 Å². The quantitative estimate of drug-likeness (QED) is 0.588. The van der Waals surface area contributed by atoms with Gasteiger partial charge in [-0.25, -0.2) is 4.79 Å². The van der Waals surface area contributed by atoms with Crippen molar-refractivity contribution in [2.24, 2.45) is 0 Å². The van der Waals surface area contributed by atoms with Crippen molar-refractivity contribution in [2.75, 3.05) is 26.2 Å². The summed E-state index contributed by atoms with van der Waals surface area (Å²) < 4.78 is 4.69. The van der Waals surface area contributed by atoms with E-state index in [-0.39, 0.29) is 18.6 Å². The van der Waals surface area contributed by atoms with Gasteiger partial charge in [-0.3, -0.25) is 4.79 Å². The zero-order valence-corrected chi connectivity index (χ0v) is 7.00. The van der Waals surface area contributed by atoms with E-state index >= 15 is 0 Å². The zero-order valence-electron chi connectivity index (χ0n) is 7.00. The van der Waals surface area contributed by atoms with Crippen molar-refractivity contribution in [1.29, 1.82) is 0 Å². The molecule has 1 saturated heterocycles. The molecule has 1 aliphatic rings. The Balaban J connectivity index is 2.14. The highest BCUT2D eigenvalue weighted by Crippen LogP contribution is 1.95. The topological polar surface area (TPSA) is 58.6 Å². The third kappa shape index (κ3) is 2.41. The Hall–Kier alpha value is -1.26. The smallest absolute Gasteiger partial charge is 0.317 e. The summed E-state index contributed by atoms with van der Waals surface area (Å²) in [7, 11) is 0. The maximum atomic E-state index is 10.9. The van der Waals surface area contributed by atoms with E-state index in [4.69, 9.17) is 4.74 Å². The SMILES string of the molecule is CC(=O)OCCN1CCNC1=O. The van der Waals surface area contributed by atoms with Crippen molar-refractivity contribution < 1.29 is 14.3 Å². The fraction of sp³-hybridized carbons (Fsp3) is 0.714. The van der Waals surface area contributed by atoms with E-state index in [2.05, 4.69) is 5.32 Å². The number of carbonyl (C=O) groups is 2. The van der Waals surface area contributed by atoms with Gasteiger partial charge in [-0.2, -0.15) is 0 Å². The molecule has 0 aromatic carbocycles. The molecule has 0 aliphatic carbocycles. The summed E-state index contributed by atoms with van der Waals surface area (Å²) in [4.78, 5) is 22.9.